The Hall–Kier alpha value is -1.72. The van der Waals surface area contributed by atoms with E-state index in [1.807, 2.05) is 6.92 Å². The second-order valence-electron chi connectivity index (χ2n) is 4.16. The van der Waals surface area contributed by atoms with E-state index in [4.69, 9.17) is 4.18 Å². The molecule has 2 aromatic rings. The summed E-state index contributed by atoms with van der Waals surface area (Å²) in [5.41, 5.74) is 1.56. The molecular formula is C14H13FO3S. The molecule has 2 aromatic carbocycles. The zero-order chi connectivity index (χ0) is 13.9. The van der Waals surface area contributed by atoms with E-state index in [9.17, 15) is 12.8 Å². The van der Waals surface area contributed by atoms with Gasteiger partial charge in [-0.15, -0.1) is 0 Å². The Bertz CT molecular complexity index is 646. The first-order chi connectivity index (χ1) is 8.97. The number of rotatable bonds is 4. The number of halogens is 1. The van der Waals surface area contributed by atoms with E-state index < -0.39 is 10.1 Å². The van der Waals surface area contributed by atoms with Crippen LogP contribution >= 0.6 is 0 Å². The summed E-state index contributed by atoms with van der Waals surface area (Å²) in [7, 11) is -3.78. The Morgan fingerprint density at radius 3 is 2.16 bits per heavy atom. The third kappa shape index (κ3) is 3.62. The van der Waals surface area contributed by atoms with Gasteiger partial charge in [0, 0.05) is 0 Å². The third-order valence-corrected chi connectivity index (χ3v) is 3.88. The maximum Gasteiger partial charge on any atom is 0.297 e. The lowest BCUT2D eigenvalue weighted by Crippen LogP contribution is -2.06. The Labute approximate surface area is 111 Å². The van der Waals surface area contributed by atoms with Crippen LogP contribution in [0, 0.1) is 12.7 Å². The van der Waals surface area contributed by atoms with Gasteiger partial charge in [0.05, 0.1) is 11.5 Å². The molecule has 0 aliphatic rings. The van der Waals surface area contributed by atoms with Crippen LogP contribution in [0.2, 0.25) is 0 Å². The summed E-state index contributed by atoms with van der Waals surface area (Å²) in [5.74, 6) is -0.370. The molecule has 0 radical (unpaired) electrons. The highest BCUT2D eigenvalue weighted by Gasteiger charge is 2.14. The van der Waals surface area contributed by atoms with Crippen LogP contribution < -0.4 is 0 Å². The van der Waals surface area contributed by atoms with E-state index in [1.165, 1.54) is 36.4 Å². The molecule has 100 valence electrons. The molecule has 5 heteroatoms. The molecule has 0 fully saturated rings. The minimum absolute atomic E-state index is 0.111. The number of benzene rings is 2. The van der Waals surface area contributed by atoms with Gasteiger partial charge >= 0.3 is 0 Å². The molecule has 0 aromatic heterocycles. The van der Waals surface area contributed by atoms with Gasteiger partial charge in [0.2, 0.25) is 0 Å². The predicted molar refractivity (Wildman–Crippen MR) is 69.6 cm³/mol. The largest absolute Gasteiger partial charge is 0.297 e. The van der Waals surface area contributed by atoms with Crippen molar-refractivity contribution in [3.63, 3.8) is 0 Å². The molecule has 0 unspecified atom stereocenters. The fourth-order valence-corrected chi connectivity index (χ4v) is 2.40. The second-order valence-corrected chi connectivity index (χ2v) is 5.77. The fourth-order valence-electron chi connectivity index (χ4n) is 1.50. The molecule has 0 spiro atoms. The van der Waals surface area contributed by atoms with E-state index in [0.717, 1.165) is 5.56 Å². The molecule has 19 heavy (non-hydrogen) atoms. The Morgan fingerprint density at radius 2 is 1.58 bits per heavy atom. The van der Waals surface area contributed by atoms with Crippen LogP contribution in [0.25, 0.3) is 0 Å². The lowest BCUT2D eigenvalue weighted by atomic mass is 10.2. The van der Waals surface area contributed by atoms with Crippen molar-refractivity contribution in [2.75, 3.05) is 0 Å². The van der Waals surface area contributed by atoms with E-state index in [-0.39, 0.29) is 17.3 Å². The van der Waals surface area contributed by atoms with Gasteiger partial charge in [-0.2, -0.15) is 8.42 Å². The molecule has 0 N–H and O–H groups in total. The molecule has 0 amide bonds. The predicted octanol–water partition coefficient (Wildman–Crippen LogP) is 3.04. The molecule has 0 heterocycles. The molecule has 2 rings (SSSR count). The van der Waals surface area contributed by atoms with Gasteiger partial charge in [-0.25, -0.2) is 4.39 Å². The van der Waals surface area contributed by atoms with Crippen LogP contribution in [0.1, 0.15) is 11.1 Å². The van der Waals surface area contributed by atoms with Gasteiger partial charge in [0.25, 0.3) is 10.1 Å². The first-order valence-electron chi connectivity index (χ1n) is 5.68. The van der Waals surface area contributed by atoms with Crippen molar-refractivity contribution in [2.45, 2.75) is 18.4 Å². The van der Waals surface area contributed by atoms with E-state index in [0.29, 0.717) is 5.56 Å². The first-order valence-corrected chi connectivity index (χ1v) is 7.09. The zero-order valence-electron chi connectivity index (χ0n) is 10.3. The smallest absolute Gasteiger partial charge is 0.262 e. The Balaban J connectivity index is 2.09. The standard InChI is InChI=1S/C14H13FO3S/c1-11-2-8-14(9-3-11)19(16,17)18-10-12-4-6-13(15)7-5-12/h2-9H,10H2,1H3. The summed E-state index contributed by atoms with van der Waals surface area (Å²) < 4.78 is 41.4. The van der Waals surface area contributed by atoms with Crippen LogP contribution in [0.3, 0.4) is 0 Å². The van der Waals surface area contributed by atoms with Crippen molar-refractivity contribution in [3.8, 4) is 0 Å². The van der Waals surface area contributed by atoms with Crippen molar-refractivity contribution < 1.29 is 17.0 Å². The maximum atomic E-state index is 12.7. The minimum atomic E-state index is -3.78. The van der Waals surface area contributed by atoms with E-state index in [1.54, 1.807) is 12.1 Å². The minimum Gasteiger partial charge on any atom is -0.262 e. The summed E-state index contributed by atoms with van der Waals surface area (Å²) in [5, 5.41) is 0. The summed E-state index contributed by atoms with van der Waals surface area (Å²) >= 11 is 0. The van der Waals surface area contributed by atoms with Crippen LogP contribution in [0.5, 0.6) is 0 Å². The Morgan fingerprint density at radius 1 is 1.00 bits per heavy atom. The number of aryl methyl sites for hydroxylation is 1. The average Bonchev–Trinajstić information content (AvgIpc) is 2.39. The lowest BCUT2D eigenvalue weighted by molar-refractivity contribution is 0.308. The van der Waals surface area contributed by atoms with Gasteiger partial charge in [0.15, 0.2) is 0 Å². The first kappa shape index (κ1) is 13.7. The highest BCUT2D eigenvalue weighted by atomic mass is 32.2. The topological polar surface area (TPSA) is 43.4 Å². The summed E-state index contributed by atoms with van der Waals surface area (Å²) in [6, 6.07) is 11.9. The normalized spacial score (nSPS) is 11.5. The van der Waals surface area contributed by atoms with Crippen LogP contribution in [-0.2, 0) is 20.9 Å². The molecule has 0 saturated heterocycles. The van der Waals surface area contributed by atoms with Crippen molar-refractivity contribution in [2.24, 2.45) is 0 Å². The fraction of sp³-hybridized carbons (Fsp3) is 0.143. The molecule has 3 nitrogen and oxygen atoms in total. The average molecular weight is 280 g/mol. The monoisotopic (exact) mass is 280 g/mol. The molecular weight excluding hydrogens is 267 g/mol. The highest BCUT2D eigenvalue weighted by Crippen LogP contribution is 2.15. The molecule has 0 aliphatic carbocycles. The second kappa shape index (κ2) is 5.50. The zero-order valence-corrected chi connectivity index (χ0v) is 11.2. The number of hydrogen-bond acceptors (Lipinski definition) is 3. The number of hydrogen-bond donors (Lipinski definition) is 0. The molecule has 0 aliphatic heterocycles. The van der Waals surface area contributed by atoms with Crippen LogP contribution in [-0.4, -0.2) is 8.42 Å². The SMILES string of the molecule is Cc1ccc(S(=O)(=O)OCc2ccc(F)cc2)cc1. The van der Waals surface area contributed by atoms with Gasteiger partial charge < -0.3 is 0 Å². The van der Waals surface area contributed by atoms with Gasteiger partial charge in [-0.1, -0.05) is 29.8 Å². The van der Waals surface area contributed by atoms with Crippen molar-refractivity contribution >= 4 is 10.1 Å². The highest BCUT2D eigenvalue weighted by molar-refractivity contribution is 7.86. The quantitative estimate of drug-likeness (QED) is 0.808. The molecule has 0 bridgehead atoms. The van der Waals surface area contributed by atoms with Crippen LogP contribution in [0.4, 0.5) is 4.39 Å². The van der Waals surface area contributed by atoms with E-state index >= 15 is 0 Å². The van der Waals surface area contributed by atoms with Crippen LogP contribution in [0.15, 0.2) is 53.4 Å². The molecule has 0 atom stereocenters. The summed E-state index contributed by atoms with van der Waals surface area (Å²) in [6.45, 7) is 1.76. The van der Waals surface area contributed by atoms with Crippen molar-refractivity contribution in [1.29, 1.82) is 0 Å². The Kier molecular flexibility index (Phi) is 3.97. The van der Waals surface area contributed by atoms with Gasteiger partial charge in [-0.05, 0) is 36.8 Å². The van der Waals surface area contributed by atoms with Crippen molar-refractivity contribution in [3.05, 3.63) is 65.5 Å². The molecule has 0 saturated carbocycles. The van der Waals surface area contributed by atoms with E-state index in [2.05, 4.69) is 0 Å². The lowest BCUT2D eigenvalue weighted by Gasteiger charge is -2.06. The van der Waals surface area contributed by atoms with Crippen molar-refractivity contribution in [1.82, 2.24) is 0 Å². The van der Waals surface area contributed by atoms with Gasteiger partial charge in [-0.3, -0.25) is 4.18 Å². The van der Waals surface area contributed by atoms with Gasteiger partial charge in [0.1, 0.15) is 5.82 Å². The summed E-state index contributed by atoms with van der Waals surface area (Å²) in [6.07, 6.45) is 0. The maximum absolute atomic E-state index is 12.7. The third-order valence-electron chi connectivity index (χ3n) is 2.60. The summed E-state index contributed by atoms with van der Waals surface area (Å²) in [4.78, 5) is 0.111.